The van der Waals surface area contributed by atoms with Crippen LogP contribution in [0.25, 0.3) is 0 Å². The Morgan fingerprint density at radius 1 is 1.31 bits per heavy atom. The third-order valence-corrected chi connectivity index (χ3v) is 6.90. The van der Waals surface area contributed by atoms with Crippen LogP contribution in [0.1, 0.15) is 22.6 Å². The molecule has 0 atom stereocenters. The van der Waals surface area contributed by atoms with Gasteiger partial charge in [-0.3, -0.25) is 9.69 Å². The number of nitrogens with two attached hydrogens (primary N) is 1. The Bertz CT molecular complexity index is 738. The number of carbonyl (C=O) groups is 1. The first-order chi connectivity index (χ1) is 12.6. The van der Waals surface area contributed by atoms with Gasteiger partial charge in [0, 0.05) is 48.7 Å². The van der Waals surface area contributed by atoms with Crippen molar-refractivity contribution in [1.29, 1.82) is 0 Å². The molecular formula is C18H24N4O2S2. The van der Waals surface area contributed by atoms with Gasteiger partial charge in [-0.25, -0.2) is 4.98 Å². The molecule has 0 aromatic carbocycles. The highest BCUT2D eigenvalue weighted by atomic mass is 32.1. The van der Waals surface area contributed by atoms with E-state index in [1.165, 1.54) is 4.88 Å². The number of nitrogens with zero attached hydrogens (tertiary/aromatic N) is 3. The van der Waals surface area contributed by atoms with Crippen LogP contribution in [0.3, 0.4) is 0 Å². The first-order valence-electron chi connectivity index (χ1n) is 8.99. The molecule has 8 heteroatoms. The van der Waals surface area contributed by atoms with Crippen molar-refractivity contribution in [2.75, 3.05) is 38.5 Å². The summed E-state index contributed by atoms with van der Waals surface area (Å²) in [6.45, 7) is 5.04. The Morgan fingerprint density at radius 3 is 2.85 bits per heavy atom. The molecule has 1 amide bonds. The quantitative estimate of drug-likeness (QED) is 0.864. The second-order valence-corrected chi connectivity index (χ2v) is 9.22. The maximum atomic E-state index is 12.5. The van der Waals surface area contributed by atoms with Crippen LogP contribution in [0.4, 0.5) is 5.13 Å². The van der Waals surface area contributed by atoms with Crippen LogP contribution < -0.4 is 5.73 Å². The Balaban J connectivity index is 1.31. The number of amides is 1. The summed E-state index contributed by atoms with van der Waals surface area (Å²) in [5.41, 5.74) is 5.62. The predicted octanol–water partition coefficient (Wildman–Crippen LogP) is 2.22. The predicted molar refractivity (Wildman–Crippen MR) is 104 cm³/mol. The number of carbonyl (C=O) groups excluding carboxylic acids is 1. The summed E-state index contributed by atoms with van der Waals surface area (Å²) < 4.78 is 6.20. The minimum Gasteiger partial charge on any atom is -0.375 e. The lowest BCUT2D eigenvalue weighted by molar-refractivity contribution is -0.150. The first kappa shape index (κ1) is 17.9. The van der Waals surface area contributed by atoms with E-state index in [9.17, 15) is 4.79 Å². The lowest BCUT2D eigenvalue weighted by Crippen LogP contribution is -2.57. The Hall–Kier alpha value is -1.48. The number of anilines is 1. The van der Waals surface area contributed by atoms with E-state index in [2.05, 4.69) is 9.88 Å². The molecule has 2 aromatic heterocycles. The molecule has 0 bridgehead atoms. The van der Waals surface area contributed by atoms with Gasteiger partial charge >= 0.3 is 0 Å². The molecule has 26 heavy (non-hydrogen) atoms. The fourth-order valence-electron chi connectivity index (χ4n) is 3.81. The normalized spacial score (nSPS) is 20.5. The number of nitrogen functional groups attached to an aromatic ring is 1. The zero-order valence-electron chi connectivity index (χ0n) is 14.7. The van der Waals surface area contributed by atoms with Crippen LogP contribution in [0.2, 0.25) is 0 Å². The molecule has 4 heterocycles. The molecule has 2 aliphatic heterocycles. The molecule has 140 valence electrons. The van der Waals surface area contributed by atoms with Gasteiger partial charge in [-0.05, 0) is 24.3 Å². The van der Waals surface area contributed by atoms with E-state index in [1.807, 2.05) is 28.6 Å². The number of thiophene rings is 1. The third-order valence-electron chi connectivity index (χ3n) is 5.21. The van der Waals surface area contributed by atoms with Crippen LogP contribution in [0.15, 0.2) is 23.7 Å². The van der Waals surface area contributed by atoms with E-state index in [-0.39, 0.29) is 11.5 Å². The molecule has 2 aliphatic rings. The summed E-state index contributed by atoms with van der Waals surface area (Å²) in [4.78, 5) is 23.4. The fourth-order valence-corrected chi connectivity index (χ4v) is 5.24. The smallest absolute Gasteiger partial charge is 0.227 e. The molecule has 6 nitrogen and oxygen atoms in total. The minimum atomic E-state index is -0.117. The Kier molecular flexibility index (Phi) is 5.26. The van der Waals surface area contributed by atoms with Crippen LogP contribution in [-0.4, -0.2) is 59.1 Å². The molecule has 1 spiro atoms. The SMILES string of the molecule is Nc1ncc(CN2CCOC3(CCN(C(=O)Cc4cccs4)CC3)C2)s1. The summed E-state index contributed by atoms with van der Waals surface area (Å²) in [6.07, 6.45) is 4.20. The number of hydrogen-bond acceptors (Lipinski definition) is 7. The highest BCUT2D eigenvalue weighted by molar-refractivity contribution is 7.15. The van der Waals surface area contributed by atoms with Gasteiger partial charge in [0.15, 0.2) is 5.13 Å². The van der Waals surface area contributed by atoms with Gasteiger partial charge in [-0.2, -0.15) is 0 Å². The average Bonchev–Trinajstić information content (AvgIpc) is 3.27. The zero-order valence-corrected chi connectivity index (χ0v) is 16.4. The second kappa shape index (κ2) is 7.64. The molecule has 0 saturated carbocycles. The number of rotatable bonds is 4. The van der Waals surface area contributed by atoms with E-state index >= 15 is 0 Å². The molecule has 2 aromatic rings. The molecule has 0 aliphatic carbocycles. The van der Waals surface area contributed by atoms with Gasteiger partial charge in [0.25, 0.3) is 0 Å². The van der Waals surface area contributed by atoms with Crippen molar-refractivity contribution < 1.29 is 9.53 Å². The number of aromatic nitrogens is 1. The van der Waals surface area contributed by atoms with Crippen molar-refractivity contribution in [1.82, 2.24) is 14.8 Å². The van der Waals surface area contributed by atoms with Gasteiger partial charge in [0.2, 0.25) is 5.91 Å². The summed E-state index contributed by atoms with van der Waals surface area (Å²) >= 11 is 3.20. The van der Waals surface area contributed by atoms with E-state index < -0.39 is 0 Å². The number of thiazole rings is 1. The van der Waals surface area contributed by atoms with Crippen LogP contribution in [-0.2, 0) is 22.5 Å². The molecule has 2 N–H and O–H groups in total. The fraction of sp³-hybridized carbons (Fsp3) is 0.556. The minimum absolute atomic E-state index is 0.117. The number of piperidine rings is 1. The van der Waals surface area contributed by atoms with E-state index in [0.29, 0.717) is 11.6 Å². The standard InChI is InChI=1S/C18H24N4O2S2/c19-17-20-11-15(26-17)12-21-7-8-24-18(13-21)3-5-22(6-4-18)16(23)10-14-2-1-9-25-14/h1-2,9,11H,3-8,10,12-13H2,(H2,19,20). The highest BCUT2D eigenvalue weighted by Crippen LogP contribution is 2.31. The van der Waals surface area contributed by atoms with E-state index in [1.54, 1.807) is 22.7 Å². The first-order valence-corrected chi connectivity index (χ1v) is 10.7. The van der Waals surface area contributed by atoms with Gasteiger partial charge in [0.05, 0.1) is 18.6 Å². The summed E-state index contributed by atoms with van der Waals surface area (Å²) in [7, 11) is 0. The Morgan fingerprint density at radius 2 is 2.15 bits per heavy atom. The van der Waals surface area contributed by atoms with Gasteiger partial charge in [0.1, 0.15) is 0 Å². The molecular weight excluding hydrogens is 368 g/mol. The average molecular weight is 393 g/mol. The zero-order chi connectivity index (χ0) is 18.0. The lowest BCUT2D eigenvalue weighted by atomic mass is 9.89. The lowest BCUT2D eigenvalue weighted by Gasteiger charge is -2.47. The monoisotopic (exact) mass is 392 g/mol. The van der Waals surface area contributed by atoms with Crippen molar-refractivity contribution in [2.45, 2.75) is 31.4 Å². The second-order valence-electron chi connectivity index (χ2n) is 7.04. The summed E-state index contributed by atoms with van der Waals surface area (Å²) in [5.74, 6) is 0.232. The Labute approximate surface area is 161 Å². The maximum Gasteiger partial charge on any atom is 0.227 e. The topological polar surface area (TPSA) is 71.7 Å². The highest BCUT2D eigenvalue weighted by Gasteiger charge is 2.40. The molecule has 2 saturated heterocycles. The number of morpholine rings is 1. The van der Waals surface area contributed by atoms with E-state index in [4.69, 9.17) is 10.5 Å². The summed E-state index contributed by atoms with van der Waals surface area (Å²) in [5, 5.41) is 2.65. The largest absolute Gasteiger partial charge is 0.375 e. The molecule has 2 fully saturated rings. The number of hydrogen-bond donors (Lipinski definition) is 1. The number of ether oxygens (including phenoxy) is 1. The number of likely N-dealkylation sites (tertiary alicyclic amines) is 1. The molecule has 0 unspecified atom stereocenters. The molecule has 0 radical (unpaired) electrons. The van der Waals surface area contributed by atoms with Crippen molar-refractivity contribution in [3.8, 4) is 0 Å². The van der Waals surface area contributed by atoms with Gasteiger partial charge in [-0.15, -0.1) is 22.7 Å². The van der Waals surface area contributed by atoms with Crippen LogP contribution in [0.5, 0.6) is 0 Å². The van der Waals surface area contributed by atoms with Crippen molar-refractivity contribution >= 4 is 33.7 Å². The maximum absolute atomic E-state index is 12.5. The van der Waals surface area contributed by atoms with Crippen molar-refractivity contribution in [3.63, 3.8) is 0 Å². The van der Waals surface area contributed by atoms with E-state index in [0.717, 1.165) is 57.0 Å². The van der Waals surface area contributed by atoms with Crippen LogP contribution >= 0.6 is 22.7 Å². The summed E-state index contributed by atoms with van der Waals surface area (Å²) in [6, 6.07) is 4.03. The van der Waals surface area contributed by atoms with Crippen molar-refractivity contribution in [3.05, 3.63) is 33.5 Å². The molecule has 4 rings (SSSR count). The van der Waals surface area contributed by atoms with Gasteiger partial charge < -0.3 is 15.4 Å². The van der Waals surface area contributed by atoms with Gasteiger partial charge in [-0.1, -0.05) is 6.07 Å². The van der Waals surface area contributed by atoms with Crippen LogP contribution in [0, 0.1) is 0 Å². The van der Waals surface area contributed by atoms with Crippen molar-refractivity contribution in [2.24, 2.45) is 0 Å². The third kappa shape index (κ3) is 4.09.